The molecule has 0 aromatic rings. The fraction of sp³-hybridized carbons (Fsp3) is 0.929. The predicted octanol–water partition coefficient (Wildman–Crippen LogP) is 3.01. The maximum absolute atomic E-state index is 11.5. The molecule has 108 valence electrons. The molecule has 0 aliphatic carbocycles. The van der Waals surface area contributed by atoms with Crippen molar-refractivity contribution in [1.29, 1.82) is 0 Å². The summed E-state index contributed by atoms with van der Waals surface area (Å²) in [5.41, 5.74) is -0.127. The predicted molar refractivity (Wildman–Crippen MR) is 73.1 cm³/mol. The second kappa shape index (κ2) is 6.02. The van der Waals surface area contributed by atoms with E-state index in [0.29, 0.717) is 0 Å². The first-order valence-electron chi connectivity index (χ1n) is 6.45. The summed E-state index contributed by atoms with van der Waals surface area (Å²) >= 11 is 0. The Morgan fingerprint density at radius 2 is 1.50 bits per heavy atom. The van der Waals surface area contributed by atoms with Gasteiger partial charge in [0.05, 0.1) is 7.11 Å². The molecule has 4 heteroatoms. The first-order chi connectivity index (χ1) is 7.91. The minimum absolute atomic E-state index is 0.0587. The number of hydrogen-bond acceptors (Lipinski definition) is 4. The topological polar surface area (TPSA) is 38.8 Å². The summed E-state index contributed by atoms with van der Waals surface area (Å²) in [7, 11) is 1.37. The zero-order valence-corrected chi connectivity index (χ0v) is 13.3. The lowest BCUT2D eigenvalue weighted by Gasteiger charge is -2.45. The van der Waals surface area contributed by atoms with E-state index in [0.717, 1.165) is 0 Å². The van der Waals surface area contributed by atoms with Gasteiger partial charge in [0.2, 0.25) is 0 Å². The molecule has 2 atom stereocenters. The molecule has 0 amide bonds. The Kier molecular flexibility index (Phi) is 5.82. The van der Waals surface area contributed by atoms with E-state index >= 15 is 0 Å². The van der Waals surface area contributed by atoms with Crippen molar-refractivity contribution in [1.82, 2.24) is 5.06 Å². The Morgan fingerprint density at radius 1 is 1.06 bits per heavy atom. The SMILES string of the molecule is COC(=O)C(C)ON(C(C)C(C)(C)C)C(C)(C)C. The van der Waals surface area contributed by atoms with Gasteiger partial charge in [0.15, 0.2) is 6.10 Å². The van der Waals surface area contributed by atoms with Gasteiger partial charge in [-0.2, -0.15) is 5.06 Å². The van der Waals surface area contributed by atoms with Crippen LogP contribution in [-0.2, 0) is 14.4 Å². The summed E-state index contributed by atoms with van der Waals surface area (Å²) in [6.45, 7) is 16.5. The van der Waals surface area contributed by atoms with Gasteiger partial charge in [0.25, 0.3) is 0 Å². The molecular weight excluding hydrogens is 230 g/mol. The van der Waals surface area contributed by atoms with Crippen molar-refractivity contribution < 1.29 is 14.4 Å². The van der Waals surface area contributed by atoms with Gasteiger partial charge in [-0.15, -0.1) is 0 Å². The fourth-order valence-electron chi connectivity index (χ4n) is 1.56. The smallest absolute Gasteiger partial charge is 0.336 e. The maximum atomic E-state index is 11.5. The van der Waals surface area contributed by atoms with Gasteiger partial charge in [-0.1, -0.05) is 20.8 Å². The average Bonchev–Trinajstić information content (AvgIpc) is 2.20. The van der Waals surface area contributed by atoms with Crippen molar-refractivity contribution in [3.8, 4) is 0 Å². The third kappa shape index (κ3) is 4.94. The average molecular weight is 259 g/mol. The Morgan fingerprint density at radius 3 is 1.78 bits per heavy atom. The van der Waals surface area contributed by atoms with Crippen molar-refractivity contribution >= 4 is 5.97 Å². The summed E-state index contributed by atoms with van der Waals surface area (Å²) in [5, 5.41) is 1.90. The number of rotatable bonds is 4. The highest BCUT2D eigenvalue weighted by Gasteiger charge is 2.36. The molecule has 0 spiro atoms. The number of hydroxylamine groups is 2. The van der Waals surface area contributed by atoms with Crippen molar-refractivity contribution in [3.63, 3.8) is 0 Å². The van der Waals surface area contributed by atoms with Gasteiger partial charge >= 0.3 is 5.97 Å². The van der Waals surface area contributed by atoms with Crippen LogP contribution in [0.2, 0.25) is 0 Å². The van der Waals surface area contributed by atoms with Crippen LogP contribution >= 0.6 is 0 Å². The molecule has 0 saturated heterocycles. The molecule has 0 aliphatic heterocycles. The van der Waals surface area contributed by atoms with Crippen molar-refractivity contribution in [3.05, 3.63) is 0 Å². The number of carbonyl (C=O) groups is 1. The molecule has 0 aromatic carbocycles. The van der Waals surface area contributed by atoms with Crippen LogP contribution in [0, 0.1) is 5.41 Å². The van der Waals surface area contributed by atoms with Crippen LogP contribution in [0.3, 0.4) is 0 Å². The summed E-state index contributed by atoms with van der Waals surface area (Å²) < 4.78 is 4.70. The minimum atomic E-state index is -0.598. The van der Waals surface area contributed by atoms with Gasteiger partial charge in [-0.05, 0) is 40.0 Å². The van der Waals surface area contributed by atoms with Gasteiger partial charge in [-0.25, -0.2) is 4.79 Å². The Balaban J connectivity index is 4.99. The largest absolute Gasteiger partial charge is 0.467 e. The summed E-state index contributed by atoms with van der Waals surface area (Å²) in [5.74, 6) is -0.356. The highest BCUT2D eigenvalue weighted by Crippen LogP contribution is 2.30. The van der Waals surface area contributed by atoms with Crippen molar-refractivity contribution in [2.75, 3.05) is 7.11 Å². The number of ether oxygens (including phenoxy) is 1. The lowest BCUT2D eigenvalue weighted by molar-refractivity contribution is -0.271. The number of esters is 1. The molecule has 0 bridgehead atoms. The minimum Gasteiger partial charge on any atom is -0.467 e. The van der Waals surface area contributed by atoms with Crippen LogP contribution in [-0.4, -0.2) is 35.8 Å². The van der Waals surface area contributed by atoms with Gasteiger partial charge < -0.3 is 4.74 Å². The van der Waals surface area contributed by atoms with Gasteiger partial charge in [0.1, 0.15) is 0 Å². The van der Waals surface area contributed by atoms with Crippen LogP contribution in [0.1, 0.15) is 55.4 Å². The van der Waals surface area contributed by atoms with E-state index in [-0.39, 0.29) is 23.0 Å². The number of nitrogens with zero attached hydrogens (tertiary/aromatic N) is 1. The second-order valence-corrected chi connectivity index (χ2v) is 6.81. The molecule has 0 N–H and O–H groups in total. The van der Waals surface area contributed by atoms with Crippen molar-refractivity contribution in [2.45, 2.75) is 73.1 Å². The van der Waals surface area contributed by atoms with E-state index < -0.39 is 6.10 Å². The monoisotopic (exact) mass is 259 g/mol. The van der Waals surface area contributed by atoms with E-state index in [1.807, 2.05) is 5.06 Å². The van der Waals surface area contributed by atoms with E-state index in [4.69, 9.17) is 9.57 Å². The third-order valence-electron chi connectivity index (χ3n) is 3.07. The zero-order chi connectivity index (χ0) is 14.7. The van der Waals surface area contributed by atoms with Crippen LogP contribution in [0.4, 0.5) is 0 Å². The molecule has 4 nitrogen and oxygen atoms in total. The summed E-state index contributed by atoms with van der Waals surface area (Å²) in [6, 6.07) is 0.171. The molecule has 2 unspecified atom stereocenters. The van der Waals surface area contributed by atoms with Gasteiger partial charge in [-0.3, -0.25) is 4.84 Å². The second-order valence-electron chi connectivity index (χ2n) is 6.81. The van der Waals surface area contributed by atoms with E-state index in [1.54, 1.807) is 6.92 Å². The first-order valence-corrected chi connectivity index (χ1v) is 6.45. The third-order valence-corrected chi connectivity index (χ3v) is 3.07. The molecule has 0 radical (unpaired) electrons. The Hall–Kier alpha value is -0.610. The van der Waals surface area contributed by atoms with E-state index in [2.05, 4.69) is 48.5 Å². The first kappa shape index (κ1) is 17.4. The Labute approximate surface area is 112 Å². The fourth-order valence-corrected chi connectivity index (χ4v) is 1.56. The molecule has 0 fully saturated rings. The van der Waals surface area contributed by atoms with E-state index in [1.165, 1.54) is 7.11 Å². The van der Waals surface area contributed by atoms with E-state index in [9.17, 15) is 4.79 Å². The molecule has 0 rings (SSSR count). The molecule has 0 aliphatic rings. The summed E-state index contributed by atoms with van der Waals surface area (Å²) in [4.78, 5) is 17.3. The number of hydrogen-bond donors (Lipinski definition) is 0. The highest BCUT2D eigenvalue weighted by molar-refractivity contribution is 5.73. The molecule has 0 saturated carbocycles. The quantitative estimate of drug-likeness (QED) is 0.574. The number of carbonyl (C=O) groups excluding carboxylic acids is 1. The van der Waals surface area contributed by atoms with Crippen molar-refractivity contribution in [2.24, 2.45) is 5.41 Å². The highest BCUT2D eigenvalue weighted by atomic mass is 16.7. The molecular formula is C14H29NO3. The lowest BCUT2D eigenvalue weighted by atomic mass is 9.86. The lowest BCUT2D eigenvalue weighted by Crippen LogP contribution is -2.53. The maximum Gasteiger partial charge on any atom is 0.336 e. The number of methoxy groups -OCH3 is 1. The standard InChI is InChI=1S/C14H29NO3/c1-10(12(16)17-9)18-15(14(6,7)8)11(2)13(3,4)5/h10-11H,1-9H3. The molecule has 0 aromatic heterocycles. The van der Waals surface area contributed by atoms with Crippen LogP contribution in [0.15, 0.2) is 0 Å². The normalized spacial score (nSPS) is 16.6. The zero-order valence-electron chi connectivity index (χ0n) is 13.3. The molecule has 18 heavy (non-hydrogen) atoms. The Bertz CT molecular complexity index is 276. The van der Waals surface area contributed by atoms with Crippen LogP contribution < -0.4 is 0 Å². The molecule has 0 heterocycles. The van der Waals surface area contributed by atoms with Gasteiger partial charge in [0, 0.05) is 11.6 Å². The van der Waals surface area contributed by atoms with Crippen LogP contribution in [0.5, 0.6) is 0 Å². The van der Waals surface area contributed by atoms with Crippen LogP contribution in [0.25, 0.3) is 0 Å². The summed E-state index contributed by atoms with van der Waals surface area (Å²) in [6.07, 6.45) is -0.598.